The summed E-state index contributed by atoms with van der Waals surface area (Å²) in [6, 6.07) is -0.881. The number of phosphoric acid groups is 1. The van der Waals surface area contributed by atoms with Gasteiger partial charge in [-0.2, -0.15) is 0 Å². The SMILES string of the molecule is CCCCCCC/C=C\C/C=C\C/C=C\CCCCCCCCC(=O)NC(COP(=O)(O)OCC[N+](C)(C)C)C(O)/C=C/CC/C=C/CC/C=C/CCCCCCCCCCCCCC. The van der Waals surface area contributed by atoms with Crippen LogP contribution >= 0.6 is 7.82 Å². The molecule has 1 amide bonds. The predicted octanol–water partition coefficient (Wildman–Crippen LogP) is 15.9. The van der Waals surface area contributed by atoms with E-state index in [0.717, 1.165) is 70.6 Å². The molecule has 0 rings (SSSR count). The van der Waals surface area contributed by atoms with Crippen LogP contribution in [0.5, 0.6) is 0 Å². The molecular formula is C56H104N2O6P+. The first-order valence-electron chi connectivity index (χ1n) is 26.8. The molecule has 0 aliphatic rings. The Bertz CT molecular complexity index is 1290. The molecule has 0 aliphatic carbocycles. The molecule has 3 N–H and O–H groups in total. The summed E-state index contributed by atoms with van der Waals surface area (Å²) in [5.74, 6) is -0.205. The number of allylic oxidation sites excluding steroid dienone is 11. The zero-order chi connectivity index (χ0) is 47.8. The van der Waals surface area contributed by atoms with Gasteiger partial charge in [-0.15, -0.1) is 0 Å². The van der Waals surface area contributed by atoms with Crippen LogP contribution in [0.25, 0.3) is 0 Å². The van der Waals surface area contributed by atoms with Crippen LogP contribution in [-0.4, -0.2) is 73.4 Å². The maximum atomic E-state index is 12.9. The lowest BCUT2D eigenvalue weighted by atomic mass is 10.0. The molecule has 0 aromatic carbocycles. The molecule has 0 bridgehead atoms. The van der Waals surface area contributed by atoms with E-state index in [1.54, 1.807) is 6.08 Å². The van der Waals surface area contributed by atoms with Crippen molar-refractivity contribution in [3.05, 3.63) is 72.9 Å². The molecule has 0 aromatic rings. The lowest BCUT2D eigenvalue weighted by Crippen LogP contribution is -2.45. The fourth-order valence-electron chi connectivity index (χ4n) is 7.37. The molecule has 3 unspecified atom stereocenters. The average Bonchev–Trinajstić information content (AvgIpc) is 3.26. The van der Waals surface area contributed by atoms with Crippen molar-refractivity contribution >= 4 is 13.7 Å². The number of nitrogens with one attached hydrogen (secondary N) is 1. The van der Waals surface area contributed by atoms with E-state index in [-0.39, 0.29) is 19.1 Å². The number of hydrogen-bond donors (Lipinski definition) is 3. The van der Waals surface area contributed by atoms with Crippen molar-refractivity contribution < 1.29 is 32.9 Å². The fraction of sp³-hybridized carbons (Fsp3) is 0.768. The maximum absolute atomic E-state index is 12.9. The number of hydrogen-bond acceptors (Lipinski definition) is 5. The molecule has 0 saturated heterocycles. The first-order valence-corrected chi connectivity index (χ1v) is 28.3. The van der Waals surface area contributed by atoms with Crippen molar-refractivity contribution in [2.75, 3.05) is 40.9 Å². The number of aliphatic hydroxyl groups is 1. The smallest absolute Gasteiger partial charge is 0.387 e. The Balaban J connectivity index is 4.41. The topological polar surface area (TPSA) is 105 Å². The van der Waals surface area contributed by atoms with Gasteiger partial charge in [0.1, 0.15) is 13.2 Å². The van der Waals surface area contributed by atoms with E-state index >= 15 is 0 Å². The van der Waals surface area contributed by atoms with E-state index < -0.39 is 20.0 Å². The van der Waals surface area contributed by atoms with Crippen molar-refractivity contribution in [2.24, 2.45) is 0 Å². The third-order valence-electron chi connectivity index (χ3n) is 11.6. The number of phosphoric ester groups is 1. The van der Waals surface area contributed by atoms with Crippen molar-refractivity contribution in [3.63, 3.8) is 0 Å². The maximum Gasteiger partial charge on any atom is 0.472 e. The number of amides is 1. The molecule has 378 valence electrons. The normalized spacial score (nSPS) is 14.6. The second kappa shape index (κ2) is 47.0. The molecule has 0 aliphatic heterocycles. The summed E-state index contributed by atoms with van der Waals surface area (Å²) in [7, 11) is 1.53. The van der Waals surface area contributed by atoms with Crippen LogP contribution in [0.3, 0.4) is 0 Å². The highest BCUT2D eigenvalue weighted by atomic mass is 31.2. The zero-order valence-corrected chi connectivity index (χ0v) is 43.9. The molecule has 0 saturated carbocycles. The molecule has 8 nitrogen and oxygen atoms in total. The summed E-state index contributed by atoms with van der Waals surface area (Å²) in [6.45, 7) is 4.77. The average molecular weight is 932 g/mol. The van der Waals surface area contributed by atoms with Crippen LogP contribution in [0.2, 0.25) is 0 Å². The van der Waals surface area contributed by atoms with E-state index in [1.165, 1.54) is 135 Å². The third-order valence-corrected chi connectivity index (χ3v) is 12.6. The van der Waals surface area contributed by atoms with Crippen molar-refractivity contribution in [3.8, 4) is 0 Å². The van der Waals surface area contributed by atoms with Gasteiger partial charge in [0.25, 0.3) is 0 Å². The zero-order valence-electron chi connectivity index (χ0n) is 43.0. The van der Waals surface area contributed by atoms with E-state index in [1.807, 2.05) is 27.2 Å². The quantitative estimate of drug-likeness (QED) is 0.0243. The second-order valence-corrected chi connectivity index (χ2v) is 20.7. The lowest BCUT2D eigenvalue weighted by molar-refractivity contribution is -0.870. The highest BCUT2D eigenvalue weighted by Gasteiger charge is 2.27. The van der Waals surface area contributed by atoms with Gasteiger partial charge in [-0.25, -0.2) is 4.57 Å². The lowest BCUT2D eigenvalue weighted by Gasteiger charge is -2.25. The van der Waals surface area contributed by atoms with Gasteiger partial charge in [0.05, 0.1) is 39.9 Å². The van der Waals surface area contributed by atoms with Crippen LogP contribution < -0.4 is 5.32 Å². The number of likely N-dealkylation sites (N-methyl/N-ethyl adjacent to an activating group) is 1. The van der Waals surface area contributed by atoms with Crippen LogP contribution in [0.4, 0.5) is 0 Å². The minimum atomic E-state index is -4.36. The van der Waals surface area contributed by atoms with Crippen LogP contribution in [0.15, 0.2) is 72.9 Å². The molecule has 0 aromatic heterocycles. The Morgan fingerprint density at radius 1 is 0.523 bits per heavy atom. The fourth-order valence-corrected chi connectivity index (χ4v) is 8.11. The molecule has 0 heterocycles. The van der Waals surface area contributed by atoms with Gasteiger partial charge in [0.2, 0.25) is 5.91 Å². The van der Waals surface area contributed by atoms with Crippen molar-refractivity contribution in [1.29, 1.82) is 0 Å². The van der Waals surface area contributed by atoms with Gasteiger partial charge in [-0.05, 0) is 83.5 Å². The van der Waals surface area contributed by atoms with Gasteiger partial charge in [-0.3, -0.25) is 13.8 Å². The standard InChI is InChI=1S/C56H103N2O6P/c1-6-8-10-12-14-16-18-20-22-24-26-28-30-31-33-35-37-39-41-43-45-47-49-55(59)54(53-64-65(61,62)63-52-51-58(3,4)5)57-56(60)50-48-46-44-42-40-38-36-34-32-29-27-25-23-21-19-17-15-13-11-9-7-2/h19,21,25,27,31-34,39,41,47,49,54-55,59H,6-18,20,22-24,26,28-30,35-38,40,42-46,48,50-53H2,1-5H3,(H-,57,60,61,62)/p+1/b21-19-,27-25-,33-31+,34-32-,41-39+,49-47+. The third kappa shape index (κ3) is 49.7. The Hall–Kier alpha value is -2.06. The minimum Gasteiger partial charge on any atom is -0.387 e. The van der Waals surface area contributed by atoms with Gasteiger partial charge >= 0.3 is 7.82 Å². The van der Waals surface area contributed by atoms with Gasteiger partial charge in [-0.1, -0.05) is 209 Å². The van der Waals surface area contributed by atoms with Crippen molar-refractivity contribution in [2.45, 2.75) is 238 Å². The number of nitrogens with zero attached hydrogens (tertiary/aromatic N) is 1. The number of carbonyl (C=O) groups excluding carboxylic acids is 1. The number of quaternary nitrogens is 1. The Kier molecular flexibility index (Phi) is 45.5. The minimum absolute atomic E-state index is 0.0476. The Labute approximate surface area is 402 Å². The monoisotopic (exact) mass is 932 g/mol. The predicted molar refractivity (Wildman–Crippen MR) is 281 cm³/mol. The second-order valence-electron chi connectivity index (χ2n) is 19.2. The highest BCUT2D eigenvalue weighted by Crippen LogP contribution is 2.43. The van der Waals surface area contributed by atoms with Gasteiger partial charge < -0.3 is 19.8 Å². The summed E-state index contributed by atoms with van der Waals surface area (Å²) in [6.07, 6.45) is 64.2. The number of aliphatic hydroxyl groups excluding tert-OH is 1. The summed E-state index contributed by atoms with van der Waals surface area (Å²) in [5, 5.41) is 13.9. The molecule has 3 atom stereocenters. The summed E-state index contributed by atoms with van der Waals surface area (Å²) >= 11 is 0. The van der Waals surface area contributed by atoms with E-state index in [0.29, 0.717) is 17.4 Å². The first-order chi connectivity index (χ1) is 31.5. The van der Waals surface area contributed by atoms with Crippen LogP contribution in [-0.2, 0) is 18.4 Å². The van der Waals surface area contributed by atoms with Crippen LogP contribution in [0, 0.1) is 0 Å². The largest absolute Gasteiger partial charge is 0.472 e. The van der Waals surface area contributed by atoms with Crippen molar-refractivity contribution in [1.82, 2.24) is 5.32 Å². The molecule has 0 fully saturated rings. The number of unbranched alkanes of at least 4 members (excludes halogenated alkanes) is 25. The van der Waals surface area contributed by atoms with Crippen LogP contribution in [0.1, 0.15) is 226 Å². The highest BCUT2D eigenvalue weighted by molar-refractivity contribution is 7.47. The summed E-state index contributed by atoms with van der Waals surface area (Å²) < 4.78 is 23.6. The summed E-state index contributed by atoms with van der Waals surface area (Å²) in [5.41, 5.74) is 0. The van der Waals surface area contributed by atoms with Gasteiger partial charge in [0, 0.05) is 6.42 Å². The Morgan fingerprint density at radius 2 is 0.892 bits per heavy atom. The number of carbonyl (C=O) groups is 1. The van der Waals surface area contributed by atoms with E-state index in [4.69, 9.17) is 9.05 Å². The molecule has 65 heavy (non-hydrogen) atoms. The van der Waals surface area contributed by atoms with E-state index in [9.17, 15) is 19.4 Å². The molecule has 0 spiro atoms. The molecular weight excluding hydrogens is 828 g/mol. The Morgan fingerprint density at radius 3 is 1.34 bits per heavy atom. The number of rotatable bonds is 48. The summed E-state index contributed by atoms with van der Waals surface area (Å²) in [4.78, 5) is 23.2. The first kappa shape index (κ1) is 62.9. The molecule has 0 radical (unpaired) electrons. The van der Waals surface area contributed by atoms with E-state index in [2.05, 4.69) is 79.9 Å². The van der Waals surface area contributed by atoms with Gasteiger partial charge in [0.15, 0.2) is 0 Å². The molecule has 9 heteroatoms.